The number of aromatic nitrogens is 1. The first-order valence-corrected chi connectivity index (χ1v) is 10.2. The minimum atomic E-state index is 0.0226. The van der Waals surface area contributed by atoms with Crippen LogP contribution in [0.1, 0.15) is 39.9 Å². The van der Waals surface area contributed by atoms with Gasteiger partial charge in [-0.15, -0.1) is 11.3 Å². The molecular formula is C21H23N3O2S. The van der Waals surface area contributed by atoms with Crippen molar-refractivity contribution in [2.24, 2.45) is 5.92 Å². The van der Waals surface area contributed by atoms with Crippen LogP contribution in [0.25, 0.3) is 10.2 Å². The summed E-state index contributed by atoms with van der Waals surface area (Å²) < 4.78 is 8.07. The number of thiophene rings is 1. The normalized spacial score (nSPS) is 18.6. The predicted molar refractivity (Wildman–Crippen MR) is 110 cm³/mol. The minimum Gasteiger partial charge on any atom is -0.494 e. The molecule has 5 rings (SSSR count). The molecule has 3 aromatic rings. The maximum absolute atomic E-state index is 11.3. The first-order chi connectivity index (χ1) is 13.1. The van der Waals surface area contributed by atoms with Crippen molar-refractivity contribution in [3.05, 3.63) is 40.4 Å². The van der Waals surface area contributed by atoms with Crippen LogP contribution >= 0.6 is 11.3 Å². The number of fused-ring (bicyclic) bond motifs is 2. The Labute approximate surface area is 162 Å². The predicted octanol–water partition coefficient (Wildman–Crippen LogP) is 4.80. The standard InChI is InChI=1S/C21H23N3O2S/c1-12-6-15-9-17(24(21(15)27-12)10-13-4-5-13)20-22-16-7-14(11-25)8-18(26-3)19(16)23(20)2/h6-9,11,13,20,22H,4-5,10H2,1-3H3. The Morgan fingerprint density at radius 3 is 2.81 bits per heavy atom. The van der Waals surface area contributed by atoms with E-state index in [0.717, 1.165) is 35.9 Å². The Bertz CT molecular complexity index is 1050. The molecule has 1 unspecified atom stereocenters. The van der Waals surface area contributed by atoms with Crippen LogP contribution in [0.3, 0.4) is 0 Å². The summed E-state index contributed by atoms with van der Waals surface area (Å²) in [5.41, 5.74) is 3.85. The number of benzene rings is 1. The molecule has 1 aliphatic carbocycles. The molecule has 0 spiro atoms. The molecule has 3 heterocycles. The minimum absolute atomic E-state index is 0.0226. The number of hydrogen-bond acceptors (Lipinski definition) is 5. The molecule has 1 saturated carbocycles. The number of rotatable bonds is 5. The third kappa shape index (κ3) is 2.62. The Morgan fingerprint density at radius 1 is 1.30 bits per heavy atom. The van der Waals surface area contributed by atoms with Gasteiger partial charge in [0.25, 0.3) is 0 Å². The van der Waals surface area contributed by atoms with E-state index in [2.05, 4.69) is 40.9 Å². The highest BCUT2D eigenvalue weighted by Crippen LogP contribution is 2.48. The zero-order chi connectivity index (χ0) is 18.7. The van der Waals surface area contributed by atoms with E-state index in [1.165, 1.54) is 33.6 Å². The summed E-state index contributed by atoms with van der Waals surface area (Å²) in [6.45, 7) is 3.26. The van der Waals surface area contributed by atoms with E-state index in [1.807, 2.05) is 17.4 Å². The van der Waals surface area contributed by atoms with Gasteiger partial charge in [-0.1, -0.05) is 0 Å². The molecule has 1 fully saturated rings. The van der Waals surface area contributed by atoms with E-state index in [9.17, 15) is 4.79 Å². The van der Waals surface area contributed by atoms with E-state index in [0.29, 0.717) is 5.56 Å². The van der Waals surface area contributed by atoms with Gasteiger partial charge in [0.05, 0.1) is 18.5 Å². The highest BCUT2D eigenvalue weighted by molar-refractivity contribution is 7.18. The molecule has 0 radical (unpaired) electrons. The lowest BCUT2D eigenvalue weighted by Crippen LogP contribution is -2.26. The Balaban J connectivity index is 1.61. The van der Waals surface area contributed by atoms with Crippen molar-refractivity contribution < 1.29 is 9.53 Å². The summed E-state index contributed by atoms with van der Waals surface area (Å²) in [5, 5.41) is 4.94. The van der Waals surface area contributed by atoms with Crippen LogP contribution in [0.4, 0.5) is 11.4 Å². The van der Waals surface area contributed by atoms with Gasteiger partial charge in [-0.2, -0.15) is 0 Å². The average Bonchev–Trinajstić information content (AvgIpc) is 3.22. The van der Waals surface area contributed by atoms with Crippen LogP contribution in [0, 0.1) is 12.8 Å². The first kappa shape index (κ1) is 16.7. The van der Waals surface area contributed by atoms with Crippen LogP contribution in [-0.4, -0.2) is 25.0 Å². The number of aldehydes is 1. The fourth-order valence-corrected chi connectivity index (χ4v) is 5.15. The quantitative estimate of drug-likeness (QED) is 0.645. The molecule has 2 aromatic heterocycles. The fourth-order valence-electron chi connectivity index (χ4n) is 4.14. The van der Waals surface area contributed by atoms with Crippen molar-refractivity contribution in [3.63, 3.8) is 0 Å². The van der Waals surface area contributed by atoms with E-state index >= 15 is 0 Å². The lowest BCUT2D eigenvalue weighted by molar-refractivity contribution is 0.112. The second kappa shape index (κ2) is 6.02. The Kier molecular flexibility index (Phi) is 3.72. The molecule has 6 heteroatoms. The van der Waals surface area contributed by atoms with E-state index in [1.54, 1.807) is 13.2 Å². The molecule has 2 aliphatic rings. The zero-order valence-electron chi connectivity index (χ0n) is 15.8. The van der Waals surface area contributed by atoms with Gasteiger partial charge in [0, 0.05) is 29.4 Å². The second-order valence-electron chi connectivity index (χ2n) is 7.64. The van der Waals surface area contributed by atoms with Crippen molar-refractivity contribution in [2.75, 3.05) is 24.4 Å². The third-order valence-electron chi connectivity index (χ3n) is 5.63. The van der Waals surface area contributed by atoms with Crippen LogP contribution in [0.5, 0.6) is 5.75 Å². The van der Waals surface area contributed by atoms with Crippen LogP contribution in [0.2, 0.25) is 0 Å². The van der Waals surface area contributed by atoms with E-state index < -0.39 is 0 Å². The molecular weight excluding hydrogens is 358 g/mol. The average molecular weight is 382 g/mol. The number of carbonyl (C=O) groups excluding carboxylic acids is 1. The lowest BCUT2D eigenvalue weighted by Gasteiger charge is -2.25. The Hall–Kier alpha value is -2.47. The lowest BCUT2D eigenvalue weighted by atomic mass is 10.1. The van der Waals surface area contributed by atoms with Gasteiger partial charge in [-0.3, -0.25) is 4.79 Å². The molecule has 0 saturated heterocycles. The van der Waals surface area contributed by atoms with E-state index in [-0.39, 0.29) is 6.17 Å². The maximum atomic E-state index is 11.3. The SMILES string of the molecule is COc1cc(C=O)cc2c1N(C)C(c1cc3cc(C)sc3n1CC1CC1)N2. The fraction of sp³-hybridized carbons (Fsp3) is 0.381. The summed E-state index contributed by atoms with van der Waals surface area (Å²) in [6, 6.07) is 8.30. The van der Waals surface area contributed by atoms with Crippen molar-refractivity contribution in [1.82, 2.24) is 4.57 Å². The van der Waals surface area contributed by atoms with Crippen molar-refractivity contribution in [1.29, 1.82) is 0 Å². The number of aryl methyl sites for hydroxylation is 1. The van der Waals surface area contributed by atoms with Gasteiger partial charge in [0.2, 0.25) is 0 Å². The van der Waals surface area contributed by atoms with Crippen LogP contribution in [0.15, 0.2) is 24.3 Å². The number of ether oxygens (including phenoxy) is 1. The summed E-state index contributed by atoms with van der Waals surface area (Å²) in [5.74, 6) is 1.53. The van der Waals surface area contributed by atoms with Gasteiger partial charge < -0.3 is 19.5 Å². The Morgan fingerprint density at radius 2 is 2.11 bits per heavy atom. The van der Waals surface area contributed by atoms with Gasteiger partial charge in [0.15, 0.2) is 0 Å². The first-order valence-electron chi connectivity index (χ1n) is 9.35. The van der Waals surface area contributed by atoms with Crippen LogP contribution in [-0.2, 0) is 6.54 Å². The molecule has 1 N–H and O–H groups in total. The summed E-state index contributed by atoms with van der Waals surface area (Å²) in [7, 11) is 3.74. The third-order valence-corrected chi connectivity index (χ3v) is 6.72. The molecule has 1 aliphatic heterocycles. The molecule has 1 aromatic carbocycles. The highest BCUT2D eigenvalue weighted by Gasteiger charge is 2.34. The molecule has 140 valence electrons. The number of hydrogen-bond donors (Lipinski definition) is 1. The summed E-state index contributed by atoms with van der Waals surface area (Å²) in [4.78, 5) is 16.2. The number of methoxy groups -OCH3 is 1. The van der Waals surface area contributed by atoms with Crippen molar-refractivity contribution in [2.45, 2.75) is 32.5 Å². The number of nitrogens with zero attached hydrogens (tertiary/aromatic N) is 2. The van der Waals surface area contributed by atoms with Crippen molar-refractivity contribution >= 4 is 39.2 Å². The van der Waals surface area contributed by atoms with E-state index in [4.69, 9.17) is 4.74 Å². The number of nitrogens with one attached hydrogen (secondary N) is 1. The summed E-state index contributed by atoms with van der Waals surface area (Å²) >= 11 is 1.87. The second-order valence-corrected chi connectivity index (χ2v) is 8.87. The van der Waals surface area contributed by atoms with Crippen molar-refractivity contribution in [3.8, 4) is 5.75 Å². The van der Waals surface area contributed by atoms with Crippen LogP contribution < -0.4 is 15.0 Å². The topological polar surface area (TPSA) is 46.5 Å². The van der Waals surface area contributed by atoms with Gasteiger partial charge in [-0.05, 0) is 49.9 Å². The van der Waals surface area contributed by atoms with Gasteiger partial charge >= 0.3 is 0 Å². The molecule has 5 nitrogen and oxygen atoms in total. The zero-order valence-corrected chi connectivity index (χ0v) is 16.6. The molecule has 0 bridgehead atoms. The molecule has 0 amide bonds. The smallest absolute Gasteiger partial charge is 0.150 e. The molecule has 1 atom stereocenters. The largest absolute Gasteiger partial charge is 0.494 e. The highest BCUT2D eigenvalue weighted by atomic mass is 32.1. The number of carbonyl (C=O) groups is 1. The molecule has 27 heavy (non-hydrogen) atoms. The summed E-state index contributed by atoms with van der Waals surface area (Å²) in [6.07, 6.45) is 3.55. The van der Waals surface area contributed by atoms with Gasteiger partial charge in [0.1, 0.15) is 28.7 Å². The monoisotopic (exact) mass is 381 g/mol. The maximum Gasteiger partial charge on any atom is 0.150 e. The van der Waals surface area contributed by atoms with Gasteiger partial charge in [-0.25, -0.2) is 0 Å². The number of anilines is 2.